The molecular weight excluding hydrogens is 322 g/mol. The van der Waals surface area contributed by atoms with Crippen molar-refractivity contribution >= 4 is 23.6 Å². The van der Waals surface area contributed by atoms with Crippen molar-refractivity contribution in [3.8, 4) is 0 Å². The molecule has 3 aliphatic rings. The van der Waals surface area contributed by atoms with E-state index in [1.54, 1.807) is 23.1 Å². The fraction of sp³-hybridized carbons (Fsp3) is 0.444. The summed E-state index contributed by atoms with van der Waals surface area (Å²) in [6.45, 7) is 3.91. The smallest absolute Gasteiger partial charge is 0.255 e. The van der Waals surface area contributed by atoms with E-state index in [9.17, 15) is 19.2 Å². The summed E-state index contributed by atoms with van der Waals surface area (Å²) in [5, 5.41) is 2.28. The standard InChI is InChI=1S/C18H19N3O4/c1-10-7-20(8-10)17(24)11-2-3-13-12(6-11)9-21(18(13)25)14-4-5-15(22)19-16(14)23/h2-3,6,10,14H,4-5,7-9H2,1H3,(H,19,22,23). The Morgan fingerprint density at radius 3 is 2.64 bits per heavy atom. The molecule has 2 saturated heterocycles. The third-order valence-corrected chi connectivity index (χ3v) is 5.12. The first kappa shape index (κ1) is 15.8. The molecule has 4 rings (SSSR count). The minimum absolute atomic E-state index is 0.0206. The maximum Gasteiger partial charge on any atom is 0.255 e. The Labute approximate surface area is 145 Å². The van der Waals surface area contributed by atoms with Crippen LogP contribution in [-0.4, -0.2) is 52.6 Å². The van der Waals surface area contributed by atoms with E-state index >= 15 is 0 Å². The lowest BCUT2D eigenvalue weighted by molar-refractivity contribution is -0.136. The van der Waals surface area contributed by atoms with E-state index in [-0.39, 0.29) is 30.7 Å². The first-order valence-electron chi connectivity index (χ1n) is 8.51. The van der Waals surface area contributed by atoms with Gasteiger partial charge in [0.1, 0.15) is 6.04 Å². The number of nitrogens with zero attached hydrogens (tertiary/aromatic N) is 2. The van der Waals surface area contributed by atoms with Crippen LogP contribution in [0.5, 0.6) is 0 Å². The van der Waals surface area contributed by atoms with Crippen molar-refractivity contribution in [1.29, 1.82) is 0 Å². The quantitative estimate of drug-likeness (QED) is 0.796. The summed E-state index contributed by atoms with van der Waals surface area (Å²) < 4.78 is 0. The SMILES string of the molecule is CC1CN(C(=O)c2ccc3c(c2)CN(C2CCC(=O)NC2=O)C3=O)C1. The number of benzene rings is 1. The molecule has 3 heterocycles. The fourth-order valence-electron chi connectivity index (χ4n) is 3.75. The molecule has 0 spiro atoms. The Morgan fingerprint density at radius 1 is 1.20 bits per heavy atom. The molecule has 1 atom stereocenters. The van der Waals surface area contributed by atoms with Crippen LogP contribution >= 0.6 is 0 Å². The van der Waals surface area contributed by atoms with Crippen molar-refractivity contribution in [2.45, 2.75) is 32.4 Å². The van der Waals surface area contributed by atoms with Crippen LogP contribution in [0.4, 0.5) is 0 Å². The number of likely N-dealkylation sites (tertiary alicyclic amines) is 1. The van der Waals surface area contributed by atoms with Crippen LogP contribution in [0.1, 0.15) is 46.0 Å². The first-order chi connectivity index (χ1) is 11.9. The van der Waals surface area contributed by atoms with Gasteiger partial charge in [-0.25, -0.2) is 0 Å². The Hall–Kier alpha value is -2.70. The van der Waals surface area contributed by atoms with Gasteiger partial charge in [-0.05, 0) is 36.1 Å². The number of nitrogens with one attached hydrogen (secondary N) is 1. The number of carbonyl (C=O) groups excluding carboxylic acids is 4. The number of fused-ring (bicyclic) bond motifs is 1. The number of imide groups is 1. The van der Waals surface area contributed by atoms with Gasteiger partial charge in [-0.1, -0.05) is 6.92 Å². The lowest BCUT2D eigenvalue weighted by Crippen LogP contribution is -2.52. The highest BCUT2D eigenvalue weighted by Gasteiger charge is 2.39. The van der Waals surface area contributed by atoms with E-state index in [0.717, 1.165) is 18.7 Å². The van der Waals surface area contributed by atoms with Gasteiger partial charge in [-0.15, -0.1) is 0 Å². The summed E-state index contributed by atoms with van der Waals surface area (Å²) in [5.41, 5.74) is 1.86. The van der Waals surface area contributed by atoms with Gasteiger partial charge in [0.25, 0.3) is 11.8 Å². The van der Waals surface area contributed by atoms with Crippen LogP contribution in [0.25, 0.3) is 0 Å². The number of piperidine rings is 1. The molecule has 0 radical (unpaired) electrons. The summed E-state index contributed by atoms with van der Waals surface area (Å²) in [6.07, 6.45) is 0.565. The van der Waals surface area contributed by atoms with Crippen molar-refractivity contribution in [3.05, 3.63) is 34.9 Å². The Morgan fingerprint density at radius 2 is 1.96 bits per heavy atom. The molecule has 3 aliphatic heterocycles. The summed E-state index contributed by atoms with van der Waals surface area (Å²) in [5.74, 6) is -0.442. The maximum atomic E-state index is 12.6. The van der Waals surface area contributed by atoms with E-state index in [1.165, 1.54) is 4.90 Å². The second kappa shape index (κ2) is 5.68. The summed E-state index contributed by atoms with van der Waals surface area (Å²) >= 11 is 0. The zero-order valence-electron chi connectivity index (χ0n) is 13.9. The highest BCUT2D eigenvalue weighted by Crippen LogP contribution is 2.29. The van der Waals surface area contributed by atoms with Gasteiger partial charge in [-0.3, -0.25) is 24.5 Å². The van der Waals surface area contributed by atoms with E-state index in [0.29, 0.717) is 23.5 Å². The summed E-state index contributed by atoms with van der Waals surface area (Å²) in [7, 11) is 0. The average molecular weight is 341 g/mol. The molecule has 0 bridgehead atoms. The second-order valence-corrected chi connectivity index (χ2v) is 7.09. The van der Waals surface area contributed by atoms with Crippen LogP contribution in [0.15, 0.2) is 18.2 Å². The lowest BCUT2D eigenvalue weighted by Gasteiger charge is -2.37. The number of carbonyl (C=O) groups is 4. The van der Waals surface area contributed by atoms with Crippen molar-refractivity contribution in [2.24, 2.45) is 5.92 Å². The van der Waals surface area contributed by atoms with Gasteiger partial charge in [-0.2, -0.15) is 0 Å². The molecule has 0 saturated carbocycles. The predicted octanol–water partition coefficient (Wildman–Crippen LogP) is 0.539. The number of rotatable bonds is 2. The summed E-state index contributed by atoms with van der Waals surface area (Å²) in [4.78, 5) is 51.7. The molecule has 0 aliphatic carbocycles. The molecule has 1 unspecified atom stereocenters. The van der Waals surface area contributed by atoms with E-state index in [2.05, 4.69) is 12.2 Å². The summed E-state index contributed by atoms with van der Waals surface area (Å²) in [6, 6.07) is 4.47. The minimum Gasteiger partial charge on any atom is -0.338 e. The van der Waals surface area contributed by atoms with Crippen molar-refractivity contribution in [2.75, 3.05) is 13.1 Å². The highest BCUT2D eigenvalue weighted by atomic mass is 16.2. The van der Waals surface area contributed by atoms with E-state index in [4.69, 9.17) is 0 Å². The lowest BCUT2D eigenvalue weighted by atomic mass is 9.99. The van der Waals surface area contributed by atoms with Gasteiger partial charge < -0.3 is 9.80 Å². The van der Waals surface area contributed by atoms with Crippen LogP contribution < -0.4 is 5.32 Å². The van der Waals surface area contributed by atoms with Crippen LogP contribution in [0, 0.1) is 5.92 Å². The van der Waals surface area contributed by atoms with Gasteiger partial charge in [0.05, 0.1) is 0 Å². The third-order valence-electron chi connectivity index (χ3n) is 5.12. The van der Waals surface area contributed by atoms with Gasteiger partial charge in [0, 0.05) is 37.2 Å². The van der Waals surface area contributed by atoms with Crippen LogP contribution in [0.2, 0.25) is 0 Å². The maximum absolute atomic E-state index is 12.6. The molecule has 2 fully saturated rings. The Bertz CT molecular complexity index is 798. The molecule has 1 aromatic rings. The van der Waals surface area contributed by atoms with Crippen molar-refractivity contribution in [3.63, 3.8) is 0 Å². The molecule has 1 aromatic carbocycles. The zero-order chi connectivity index (χ0) is 17.7. The molecule has 25 heavy (non-hydrogen) atoms. The van der Waals surface area contributed by atoms with E-state index in [1.807, 2.05) is 0 Å². The fourth-order valence-corrected chi connectivity index (χ4v) is 3.75. The predicted molar refractivity (Wildman–Crippen MR) is 87.6 cm³/mol. The largest absolute Gasteiger partial charge is 0.338 e. The normalized spacial score (nSPS) is 23.4. The molecule has 0 aromatic heterocycles. The van der Waals surface area contributed by atoms with Gasteiger partial charge in [0.2, 0.25) is 11.8 Å². The zero-order valence-corrected chi connectivity index (χ0v) is 13.9. The highest BCUT2D eigenvalue weighted by molar-refractivity contribution is 6.06. The Kier molecular flexibility index (Phi) is 3.59. The van der Waals surface area contributed by atoms with E-state index < -0.39 is 11.9 Å². The van der Waals surface area contributed by atoms with Gasteiger partial charge >= 0.3 is 0 Å². The second-order valence-electron chi connectivity index (χ2n) is 7.09. The molecule has 7 heteroatoms. The minimum atomic E-state index is -0.631. The number of hydrogen-bond donors (Lipinski definition) is 1. The molecule has 7 nitrogen and oxygen atoms in total. The van der Waals surface area contributed by atoms with Crippen LogP contribution in [-0.2, 0) is 16.1 Å². The number of hydrogen-bond acceptors (Lipinski definition) is 4. The average Bonchev–Trinajstić information content (AvgIpc) is 2.87. The van der Waals surface area contributed by atoms with Crippen molar-refractivity contribution < 1.29 is 19.2 Å². The third kappa shape index (κ3) is 2.59. The molecular formula is C18H19N3O4. The van der Waals surface area contributed by atoms with Gasteiger partial charge in [0.15, 0.2) is 0 Å². The monoisotopic (exact) mass is 341 g/mol. The Balaban J connectivity index is 1.54. The first-order valence-corrected chi connectivity index (χ1v) is 8.51. The molecule has 1 N–H and O–H groups in total. The molecule has 130 valence electrons. The van der Waals surface area contributed by atoms with Crippen LogP contribution in [0.3, 0.4) is 0 Å². The number of amides is 4. The molecule has 4 amide bonds. The topological polar surface area (TPSA) is 86.8 Å². The van der Waals surface area contributed by atoms with Crippen molar-refractivity contribution in [1.82, 2.24) is 15.1 Å².